The molecule has 0 bridgehead atoms. The number of nitrogens with zero attached hydrogens (tertiary/aromatic N) is 5. The molecule has 1 aromatic carbocycles. The third-order valence-electron chi connectivity index (χ3n) is 3.84. The first-order chi connectivity index (χ1) is 12.7. The second-order valence-corrected chi connectivity index (χ2v) is 5.52. The molecule has 26 heavy (non-hydrogen) atoms. The van der Waals surface area contributed by atoms with E-state index in [0.717, 1.165) is 5.39 Å². The van der Waals surface area contributed by atoms with Crippen LogP contribution in [0.1, 0.15) is 17.3 Å². The molecule has 3 aromatic heterocycles. The van der Waals surface area contributed by atoms with Crippen LogP contribution in [0.25, 0.3) is 22.5 Å². The van der Waals surface area contributed by atoms with E-state index in [9.17, 15) is 9.18 Å². The van der Waals surface area contributed by atoms with E-state index in [2.05, 4.69) is 15.1 Å². The van der Waals surface area contributed by atoms with Crippen LogP contribution >= 0.6 is 0 Å². The molecule has 0 unspecified atom stereocenters. The maximum Gasteiger partial charge on any atom is 0.341 e. The van der Waals surface area contributed by atoms with Crippen molar-refractivity contribution in [1.29, 1.82) is 0 Å². The van der Waals surface area contributed by atoms with Crippen molar-refractivity contribution in [3.8, 4) is 11.6 Å². The summed E-state index contributed by atoms with van der Waals surface area (Å²) in [6.45, 7) is 2.03. The van der Waals surface area contributed by atoms with Crippen LogP contribution < -0.4 is 0 Å². The third kappa shape index (κ3) is 2.81. The number of carbonyl (C=O) groups is 1. The van der Waals surface area contributed by atoms with Crippen molar-refractivity contribution < 1.29 is 13.9 Å². The lowest BCUT2D eigenvalue weighted by Crippen LogP contribution is -2.05. The fourth-order valence-corrected chi connectivity index (χ4v) is 2.64. The number of ether oxygens (including phenoxy) is 1. The largest absolute Gasteiger partial charge is 0.462 e. The molecule has 0 atom stereocenters. The SMILES string of the molecule is CCOC(=O)c1cnn(-c2cncc(-n3ccc4ccc(F)cc43)n2)c1. The molecule has 0 aliphatic carbocycles. The summed E-state index contributed by atoms with van der Waals surface area (Å²) in [4.78, 5) is 20.5. The lowest BCUT2D eigenvalue weighted by molar-refractivity contribution is 0.0526. The average molecular weight is 351 g/mol. The van der Waals surface area contributed by atoms with Gasteiger partial charge in [0.05, 0.1) is 36.3 Å². The van der Waals surface area contributed by atoms with Crippen molar-refractivity contribution in [3.05, 3.63) is 66.6 Å². The first kappa shape index (κ1) is 15.9. The Morgan fingerprint density at radius 3 is 2.88 bits per heavy atom. The van der Waals surface area contributed by atoms with Gasteiger partial charge in [-0.1, -0.05) is 0 Å². The minimum atomic E-state index is -0.449. The number of carbonyl (C=O) groups excluding carboxylic acids is 1. The Balaban J connectivity index is 1.73. The molecule has 4 aromatic rings. The zero-order valence-electron chi connectivity index (χ0n) is 13.8. The molecule has 4 rings (SSSR count). The number of fused-ring (bicyclic) bond motifs is 1. The van der Waals surface area contributed by atoms with Gasteiger partial charge in [0.2, 0.25) is 0 Å². The zero-order valence-corrected chi connectivity index (χ0v) is 13.8. The summed E-state index contributed by atoms with van der Waals surface area (Å²) in [5, 5.41) is 5.02. The predicted molar refractivity (Wildman–Crippen MR) is 91.9 cm³/mol. The van der Waals surface area contributed by atoms with E-state index in [1.54, 1.807) is 30.0 Å². The smallest absolute Gasteiger partial charge is 0.341 e. The van der Waals surface area contributed by atoms with Crippen LogP contribution in [0, 0.1) is 5.82 Å². The van der Waals surface area contributed by atoms with E-state index in [0.29, 0.717) is 22.7 Å². The standard InChI is InChI=1S/C18H14FN5O2/c1-2-26-18(25)13-8-21-24(11-13)17-10-20-9-16(22-17)23-6-5-12-3-4-14(19)7-15(12)23/h3-11H,2H2,1H3. The molecule has 0 fully saturated rings. The second-order valence-electron chi connectivity index (χ2n) is 5.52. The summed E-state index contributed by atoms with van der Waals surface area (Å²) < 4.78 is 21.7. The number of benzene rings is 1. The fraction of sp³-hybridized carbons (Fsp3) is 0.111. The van der Waals surface area contributed by atoms with E-state index in [-0.39, 0.29) is 12.4 Å². The maximum atomic E-state index is 13.6. The summed E-state index contributed by atoms with van der Waals surface area (Å²) in [5.41, 5.74) is 1.01. The number of rotatable bonds is 4. The van der Waals surface area contributed by atoms with Gasteiger partial charge in [-0.3, -0.25) is 9.55 Å². The molecule has 0 saturated heterocycles. The maximum absolute atomic E-state index is 13.6. The topological polar surface area (TPSA) is 74.8 Å². The number of esters is 1. The minimum Gasteiger partial charge on any atom is -0.462 e. The van der Waals surface area contributed by atoms with Gasteiger partial charge in [0, 0.05) is 17.8 Å². The molecule has 0 saturated carbocycles. The van der Waals surface area contributed by atoms with Gasteiger partial charge >= 0.3 is 5.97 Å². The van der Waals surface area contributed by atoms with E-state index in [4.69, 9.17) is 4.74 Å². The van der Waals surface area contributed by atoms with Crippen LogP contribution in [0.2, 0.25) is 0 Å². The molecule has 8 heteroatoms. The Kier molecular flexibility index (Phi) is 3.92. The molecule has 0 radical (unpaired) electrons. The van der Waals surface area contributed by atoms with Crippen LogP contribution in [-0.2, 0) is 4.74 Å². The van der Waals surface area contributed by atoms with Crippen molar-refractivity contribution in [3.63, 3.8) is 0 Å². The first-order valence-electron chi connectivity index (χ1n) is 7.97. The van der Waals surface area contributed by atoms with Crippen LogP contribution in [0.5, 0.6) is 0 Å². The van der Waals surface area contributed by atoms with E-state index < -0.39 is 5.97 Å². The third-order valence-corrected chi connectivity index (χ3v) is 3.84. The fourth-order valence-electron chi connectivity index (χ4n) is 2.64. The van der Waals surface area contributed by atoms with E-state index in [1.165, 1.54) is 35.4 Å². The first-order valence-corrected chi connectivity index (χ1v) is 7.97. The highest BCUT2D eigenvalue weighted by atomic mass is 19.1. The van der Waals surface area contributed by atoms with Crippen molar-refractivity contribution in [2.75, 3.05) is 6.61 Å². The number of aromatic nitrogens is 5. The van der Waals surface area contributed by atoms with Gasteiger partial charge in [-0.05, 0) is 31.2 Å². The van der Waals surface area contributed by atoms with Gasteiger partial charge in [-0.15, -0.1) is 0 Å². The highest BCUT2D eigenvalue weighted by Gasteiger charge is 2.12. The van der Waals surface area contributed by atoms with Crippen LogP contribution in [0.4, 0.5) is 4.39 Å². The predicted octanol–water partition coefficient (Wildman–Crippen LogP) is 2.92. The summed E-state index contributed by atoms with van der Waals surface area (Å²) >= 11 is 0. The quantitative estimate of drug-likeness (QED) is 0.529. The highest BCUT2D eigenvalue weighted by Crippen LogP contribution is 2.20. The van der Waals surface area contributed by atoms with Crippen LogP contribution in [0.15, 0.2) is 55.2 Å². The van der Waals surface area contributed by atoms with E-state index >= 15 is 0 Å². The molecule has 0 aliphatic rings. The van der Waals surface area contributed by atoms with E-state index in [1.807, 2.05) is 6.07 Å². The van der Waals surface area contributed by atoms with Gasteiger partial charge in [0.1, 0.15) is 5.82 Å². The Morgan fingerprint density at radius 2 is 2.04 bits per heavy atom. The summed E-state index contributed by atoms with van der Waals surface area (Å²) in [6.07, 6.45) is 7.83. The molecular weight excluding hydrogens is 337 g/mol. The van der Waals surface area contributed by atoms with Crippen LogP contribution in [-0.4, -0.2) is 36.9 Å². The van der Waals surface area contributed by atoms with Crippen molar-refractivity contribution in [2.45, 2.75) is 6.92 Å². The summed E-state index contributed by atoms with van der Waals surface area (Å²) in [6, 6.07) is 6.43. The van der Waals surface area contributed by atoms with Crippen molar-refractivity contribution in [1.82, 2.24) is 24.3 Å². The molecule has 0 aliphatic heterocycles. The second kappa shape index (κ2) is 6.40. The van der Waals surface area contributed by atoms with Crippen molar-refractivity contribution in [2.24, 2.45) is 0 Å². The highest BCUT2D eigenvalue weighted by molar-refractivity contribution is 5.88. The minimum absolute atomic E-state index is 0.288. The Morgan fingerprint density at radius 1 is 1.19 bits per heavy atom. The summed E-state index contributed by atoms with van der Waals surface area (Å²) in [7, 11) is 0. The van der Waals surface area contributed by atoms with Crippen LogP contribution in [0.3, 0.4) is 0 Å². The lowest BCUT2D eigenvalue weighted by atomic mass is 10.2. The molecule has 0 N–H and O–H groups in total. The molecule has 0 amide bonds. The number of halogens is 1. The Hall–Kier alpha value is -3.55. The Bertz CT molecular complexity index is 1100. The van der Waals surface area contributed by atoms with Gasteiger partial charge in [-0.25, -0.2) is 18.9 Å². The number of hydrogen-bond donors (Lipinski definition) is 0. The molecule has 7 nitrogen and oxygen atoms in total. The lowest BCUT2D eigenvalue weighted by Gasteiger charge is -2.06. The average Bonchev–Trinajstić information content (AvgIpc) is 3.29. The van der Waals surface area contributed by atoms with Gasteiger partial charge in [0.25, 0.3) is 0 Å². The monoisotopic (exact) mass is 351 g/mol. The normalized spacial score (nSPS) is 11.0. The van der Waals surface area contributed by atoms with Gasteiger partial charge in [0.15, 0.2) is 11.6 Å². The van der Waals surface area contributed by atoms with Gasteiger partial charge in [-0.2, -0.15) is 5.10 Å². The van der Waals surface area contributed by atoms with Gasteiger partial charge < -0.3 is 4.74 Å². The molecule has 0 spiro atoms. The number of hydrogen-bond acceptors (Lipinski definition) is 5. The zero-order chi connectivity index (χ0) is 18.1. The molecule has 130 valence electrons. The molecular formula is C18H14FN5O2. The summed E-state index contributed by atoms with van der Waals surface area (Å²) in [5.74, 6) is 0.162. The van der Waals surface area contributed by atoms with Crippen molar-refractivity contribution >= 4 is 16.9 Å². The molecule has 3 heterocycles. The Labute approximate surface area is 147 Å².